The van der Waals surface area contributed by atoms with E-state index in [4.69, 9.17) is 23.2 Å². The molecule has 0 saturated carbocycles. The molecule has 0 bridgehead atoms. The lowest BCUT2D eigenvalue weighted by Gasteiger charge is -2.44. The monoisotopic (exact) mass is 932 g/mol. The Kier molecular flexibility index (Phi) is 9.39. The number of benzene rings is 6. The van der Waals surface area contributed by atoms with E-state index in [1.54, 1.807) is 31.7 Å². The third-order valence-corrected chi connectivity index (χ3v) is 14.0. The van der Waals surface area contributed by atoms with E-state index in [1.807, 2.05) is 133 Å². The molecule has 4 heterocycles. The number of rotatable bonds is 2. The molecule has 0 N–H and O–H groups in total. The third-order valence-electron chi connectivity index (χ3n) is 11.3. The first-order chi connectivity index (χ1) is 27.9. The Morgan fingerprint density at radius 3 is 1.22 bits per heavy atom. The summed E-state index contributed by atoms with van der Waals surface area (Å²) in [6, 6.07) is 44.8. The maximum absolute atomic E-state index is 13.6. The van der Waals surface area contributed by atoms with Gasteiger partial charge < -0.3 is 0 Å². The van der Waals surface area contributed by atoms with Crippen LogP contribution in [0.25, 0.3) is 0 Å². The van der Waals surface area contributed by atoms with Crippen molar-refractivity contribution in [2.24, 2.45) is 0 Å². The molecule has 4 aliphatic rings. The molecule has 6 aromatic carbocycles. The van der Waals surface area contributed by atoms with Gasteiger partial charge in [-0.3, -0.25) is 38.8 Å². The molecule has 0 aliphatic carbocycles. The van der Waals surface area contributed by atoms with Gasteiger partial charge in [0.25, 0.3) is 11.8 Å². The summed E-state index contributed by atoms with van der Waals surface area (Å²) in [4.78, 5) is 59.5. The van der Waals surface area contributed by atoms with Crippen LogP contribution in [0.5, 0.6) is 0 Å². The largest absolute Gasteiger partial charge is 0.282 e. The van der Waals surface area contributed by atoms with Gasteiger partial charge in [0.1, 0.15) is 0 Å². The molecule has 4 atom stereocenters. The summed E-state index contributed by atoms with van der Waals surface area (Å²) in [5.74, 6) is -0.579. The lowest BCUT2D eigenvalue weighted by atomic mass is 9.93. The number of hydrogen-bond donors (Lipinski definition) is 0. The van der Waals surface area contributed by atoms with E-state index in [9.17, 15) is 19.2 Å². The zero-order valence-electron chi connectivity index (χ0n) is 30.9. The van der Waals surface area contributed by atoms with Crippen molar-refractivity contribution in [1.82, 2.24) is 0 Å². The van der Waals surface area contributed by atoms with Gasteiger partial charge in [-0.1, -0.05) is 128 Å². The van der Waals surface area contributed by atoms with Crippen LogP contribution in [0, 0.1) is 0 Å². The predicted molar refractivity (Wildman–Crippen MR) is 235 cm³/mol. The molecule has 12 heteroatoms. The van der Waals surface area contributed by atoms with E-state index in [0.29, 0.717) is 21.2 Å². The highest BCUT2D eigenvalue weighted by atomic mass is 79.9. The van der Waals surface area contributed by atoms with Crippen LogP contribution in [-0.4, -0.2) is 23.6 Å². The van der Waals surface area contributed by atoms with E-state index in [-0.39, 0.29) is 33.3 Å². The SMILES string of the molecule is CC(=O)N1c2ccc(Cl)cc2[C@H](Br)[C@@]12c1ccccc1C(=O)N2c1ccccc1.CC(=O)N1c2ccc(Cl)cc2[C@H](Br)[C@@]12c1ccccc1C(=O)N2c1ccccc1. The molecule has 0 radical (unpaired) electrons. The zero-order chi connectivity index (χ0) is 40.7. The van der Waals surface area contributed by atoms with Gasteiger partial charge in [0.05, 0.1) is 21.0 Å². The van der Waals surface area contributed by atoms with Crippen LogP contribution in [0.4, 0.5) is 22.7 Å². The van der Waals surface area contributed by atoms with Crippen molar-refractivity contribution in [3.05, 3.63) is 189 Å². The molecule has 0 saturated heterocycles. The van der Waals surface area contributed by atoms with Crippen LogP contribution in [0.15, 0.2) is 146 Å². The van der Waals surface area contributed by atoms with E-state index < -0.39 is 11.3 Å². The fourth-order valence-corrected chi connectivity index (χ4v) is 11.6. The van der Waals surface area contributed by atoms with E-state index in [2.05, 4.69) is 31.9 Å². The lowest BCUT2D eigenvalue weighted by molar-refractivity contribution is -0.118. The van der Waals surface area contributed by atoms with Crippen LogP contribution in [0.2, 0.25) is 10.0 Å². The summed E-state index contributed by atoms with van der Waals surface area (Å²) in [7, 11) is 0. The van der Waals surface area contributed by atoms with Crippen molar-refractivity contribution in [2.75, 3.05) is 19.6 Å². The fraction of sp³-hybridized carbons (Fsp3) is 0.130. The normalized spacial score (nSPS) is 22.2. The molecule has 58 heavy (non-hydrogen) atoms. The lowest BCUT2D eigenvalue weighted by Crippen LogP contribution is -2.57. The summed E-state index contributed by atoms with van der Waals surface area (Å²) in [6.45, 7) is 3.06. The Morgan fingerprint density at radius 1 is 0.517 bits per heavy atom. The highest BCUT2D eigenvalue weighted by Crippen LogP contribution is 2.63. The first-order valence-corrected chi connectivity index (χ1v) is 21.0. The number of amides is 4. The van der Waals surface area contributed by atoms with Gasteiger partial charge in [0.2, 0.25) is 11.8 Å². The van der Waals surface area contributed by atoms with Crippen LogP contribution in [0.1, 0.15) is 66.5 Å². The minimum absolute atomic E-state index is 0.138. The van der Waals surface area contributed by atoms with Crippen LogP contribution >= 0.6 is 55.1 Å². The average molecular weight is 936 g/mol. The number of carbonyl (C=O) groups excluding carboxylic acids is 4. The molecule has 288 valence electrons. The Morgan fingerprint density at radius 2 is 0.862 bits per heavy atom. The second-order valence-electron chi connectivity index (χ2n) is 14.3. The van der Waals surface area contributed by atoms with Gasteiger partial charge in [-0.25, -0.2) is 0 Å². The molecule has 10 rings (SSSR count). The van der Waals surface area contributed by atoms with E-state index >= 15 is 0 Å². The topological polar surface area (TPSA) is 81.2 Å². The smallest absolute Gasteiger partial charge is 0.260 e. The van der Waals surface area contributed by atoms with Crippen LogP contribution < -0.4 is 19.6 Å². The van der Waals surface area contributed by atoms with E-state index in [1.165, 1.54) is 13.8 Å². The fourth-order valence-electron chi connectivity index (χ4n) is 9.21. The number of nitrogens with zero attached hydrogens (tertiary/aromatic N) is 4. The number of halogens is 4. The van der Waals surface area contributed by atoms with Crippen molar-refractivity contribution in [1.29, 1.82) is 0 Å². The molecule has 0 aromatic heterocycles. The second kappa shape index (κ2) is 14.2. The van der Waals surface area contributed by atoms with Crippen LogP contribution in [-0.2, 0) is 20.9 Å². The van der Waals surface area contributed by atoms with Crippen molar-refractivity contribution in [2.45, 2.75) is 34.8 Å². The molecule has 4 aliphatic heterocycles. The Bertz CT molecular complexity index is 2520. The molecule has 0 fully saturated rings. The number of hydrogen-bond acceptors (Lipinski definition) is 4. The first-order valence-electron chi connectivity index (χ1n) is 18.4. The van der Waals surface area contributed by atoms with E-state index in [0.717, 1.165) is 45.0 Å². The van der Waals surface area contributed by atoms with Crippen molar-refractivity contribution < 1.29 is 19.2 Å². The molecular formula is C46H32Br2Cl2N4O4. The summed E-state index contributed by atoms with van der Waals surface area (Å²) in [5, 5.41) is 1.16. The van der Waals surface area contributed by atoms with Gasteiger partial charge in [0, 0.05) is 57.5 Å². The highest BCUT2D eigenvalue weighted by molar-refractivity contribution is 9.09. The molecular weight excluding hydrogens is 903 g/mol. The Balaban J connectivity index is 0.000000150. The van der Waals surface area contributed by atoms with Crippen LogP contribution in [0.3, 0.4) is 0 Å². The van der Waals surface area contributed by atoms with Crippen molar-refractivity contribution in [3.8, 4) is 0 Å². The summed E-state index contributed by atoms with van der Waals surface area (Å²) in [5.41, 5.74) is 5.32. The standard InChI is InChI=1S/2C23H16BrClN2O2/c2*1-14(28)26-20-12-11-15(25)13-18(20)21(24)23(26)19-10-6-5-9-17(19)22(29)27(23)16-7-3-2-4-8-16/h2*2-13,21H,1H3/t2*21-,23-/m00/s1. The highest BCUT2D eigenvalue weighted by Gasteiger charge is 2.65. The number of para-hydroxylation sites is 2. The molecule has 8 nitrogen and oxygen atoms in total. The number of alkyl halides is 2. The van der Waals surface area contributed by atoms with Crippen molar-refractivity contribution in [3.63, 3.8) is 0 Å². The predicted octanol–water partition coefficient (Wildman–Crippen LogP) is 11.3. The number of fused-ring (bicyclic) bond motifs is 6. The average Bonchev–Trinajstić information content (AvgIpc) is 3.84. The molecule has 0 unspecified atom stereocenters. The summed E-state index contributed by atoms with van der Waals surface area (Å²) in [6.07, 6.45) is 0. The molecule has 6 aromatic rings. The maximum Gasteiger partial charge on any atom is 0.260 e. The second-order valence-corrected chi connectivity index (χ2v) is 17.0. The zero-order valence-corrected chi connectivity index (χ0v) is 35.6. The molecule has 4 amide bonds. The van der Waals surface area contributed by atoms with Gasteiger partial charge in [-0.2, -0.15) is 0 Å². The summed E-state index contributed by atoms with van der Waals surface area (Å²) >= 11 is 20.3. The van der Waals surface area contributed by atoms with Gasteiger partial charge in [0.15, 0.2) is 11.3 Å². The van der Waals surface area contributed by atoms with Gasteiger partial charge in [-0.05, 0) is 83.9 Å². The van der Waals surface area contributed by atoms with Crippen molar-refractivity contribution >= 4 is 101 Å². The Hall–Kier alpha value is -5.26. The first kappa shape index (κ1) is 38.3. The van der Waals surface area contributed by atoms with Gasteiger partial charge >= 0.3 is 0 Å². The minimum Gasteiger partial charge on any atom is -0.282 e. The number of anilines is 4. The molecule has 2 spiro atoms. The maximum atomic E-state index is 13.6. The summed E-state index contributed by atoms with van der Waals surface area (Å²) < 4.78 is 0. The Labute approximate surface area is 361 Å². The third kappa shape index (κ3) is 5.24. The minimum atomic E-state index is -1.06. The quantitative estimate of drug-likeness (QED) is 0.162. The van der Waals surface area contributed by atoms with Gasteiger partial charge in [-0.15, -0.1) is 0 Å². The number of carbonyl (C=O) groups is 4.